The first-order valence-corrected chi connectivity index (χ1v) is 23.8. The Morgan fingerprint density at radius 1 is 0.465 bits per heavy atom. The average molecular weight is 1030 g/mol. The Morgan fingerprint density at radius 2 is 0.831 bits per heavy atom. The van der Waals surface area contributed by atoms with E-state index in [-0.39, 0.29) is 79.6 Å². The number of H-pyrrole nitrogens is 2. The zero-order valence-electron chi connectivity index (χ0n) is 36.0. The third-order valence-corrected chi connectivity index (χ3v) is 15.4. The number of anilines is 2. The molecule has 0 saturated carbocycles. The van der Waals surface area contributed by atoms with Gasteiger partial charge < -0.3 is 40.0 Å². The smallest absolute Gasteiger partial charge is 0.548 e. The molecular formula is C48H30CoN10O10S2. The summed E-state index contributed by atoms with van der Waals surface area (Å²) in [6.07, 6.45) is 0. The van der Waals surface area contributed by atoms with Crippen molar-refractivity contribution in [1.29, 1.82) is 0 Å². The van der Waals surface area contributed by atoms with Gasteiger partial charge in [0.1, 0.15) is 43.9 Å². The van der Waals surface area contributed by atoms with Gasteiger partial charge in [0.15, 0.2) is 23.3 Å². The van der Waals surface area contributed by atoms with E-state index in [2.05, 4.69) is 9.97 Å². The first kappa shape index (κ1) is 46.0. The molecule has 3 aromatic heterocycles. The van der Waals surface area contributed by atoms with Crippen molar-refractivity contribution in [3.8, 4) is 57.1 Å². The van der Waals surface area contributed by atoms with E-state index >= 15 is 16.8 Å². The monoisotopic (exact) mass is 1030 g/mol. The van der Waals surface area contributed by atoms with Gasteiger partial charge in [-0.2, -0.15) is 0 Å². The molecule has 2 aliphatic rings. The zero-order chi connectivity index (χ0) is 48.6. The molecule has 11 rings (SSSR count). The third kappa shape index (κ3) is 7.87. The summed E-state index contributed by atoms with van der Waals surface area (Å²) in [7, 11) is -10.9. The normalized spacial score (nSPS) is 11.9. The molecule has 0 amide bonds. The second kappa shape index (κ2) is 17.3. The maximum Gasteiger partial charge on any atom is 2.00 e. The number of aromatic hydroxyl groups is 2. The second-order valence-electron chi connectivity index (χ2n) is 15.9. The van der Waals surface area contributed by atoms with Crippen LogP contribution in [0, 0.1) is 0 Å². The maximum absolute atomic E-state index is 15.7. The van der Waals surface area contributed by atoms with E-state index in [4.69, 9.17) is 29.9 Å². The molecule has 23 heteroatoms. The Hall–Kier alpha value is -8.77. The molecule has 0 aliphatic carbocycles. The van der Waals surface area contributed by atoms with Crippen molar-refractivity contribution in [2.24, 2.45) is 0 Å². The van der Waals surface area contributed by atoms with Crippen LogP contribution in [0.2, 0.25) is 0 Å². The Bertz CT molecular complexity index is 4110. The fourth-order valence-electron chi connectivity index (χ4n) is 8.47. The van der Waals surface area contributed by atoms with E-state index in [9.17, 15) is 30.0 Å². The Labute approximate surface area is 411 Å². The van der Waals surface area contributed by atoms with Gasteiger partial charge in [0.2, 0.25) is 0 Å². The van der Waals surface area contributed by atoms with Crippen molar-refractivity contribution < 1.29 is 63.6 Å². The standard InChI is InChI=1S/C48H32N10O10S2.Co/c59-27-17-13-25(14-18-27)57(23-37(61)62)69(65,66)36-22-21-35-39(40(36)70(67,68)58(24-38(63)64)26-15-19-28(60)20-16-26)48-55-46-34-12-6-5-11-33(34)44(53-46)51-42-30-8-2-1-7-29(30)41(49-42)50-43-31-9-3-4-10-32(31)45(52-43)54-47(35)56-48;/h1-22,59-60H,23-24H2,(H,61,62)(H,63,64)(H2,49,50,51,52,53,54,55,56);/q;+2/p-2. The van der Waals surface area contributed by atoms with Crippen LogP contribution in [0.5, 0.6) is 11.5 Å². The number of hydrogen-bond acceptors (Lipinski definition) is 16. The minimum Gasteiger partial charge on any atom is -0.548 e. The summed E-state index contributed by atoms with van der Waals surface area (Å²) >= 11 is 0. The summed E-state index contributed by atoms with van der Waals surface area (Å²) in [5.74, 6) is -3.86. The van der Waals surface area contributed by atoms with Crippen LogP contribution in [0.25, 0.3) is 89.7 Å². The van der Waals surface area contributed by atoms with E-state index in [0.29, 0.717) is 47.5 Å². The summed E-state index contributed by atoms with van der Waals surface area (Å²) in [5, 5.41) is 46.0. The molecule has 9 aromatic rings. The van der Waals surface area contributed by atoms with Crippen LogP contribution >= 0.6 is 0 Å². The molecule has 0 saturated heterocycles. The minimum atomic E-state index is -5.52. The molecule has 6 aromatic carbocycles. The van der Waals surface area contributed by atoms with Crippen LogP contribution in [-0.4, -0.2) is 91.9 Å². The minimum absolute atomic E-state index is 0. The first-order chi connectivity index (χ1) is 33.6. The van der Waals surface area contributed by atoms with Crippen LogP contribution < -0.4 is 18.8 Å². The second-order valence-corrected chi connectivity index (χ2v) is 19.5. The van der Waals surface area contributed by atoms with E-state index in [0.717, 1.165) is 60.0 Å². The molecule has 0 spiro atoms. The number of phenolic OH excluding ortho intramolecular Hbond substituents is 2. The average Bonchev–Trinajstić information content (AvgIpc) is 4.08. The van der Waals surface area contributed by atoms with Crippen molar-refractivity contribution in [3.63, 3.8) is 0 Å². The van der Waals surface area contributed by atoms with Crippen molar-refractivity contribution in [3.05, 3.63) is 133 Å². The van der Waals surface area contributed by atoms with Gasteiger partial charge in [-0.3, -0.25) is 8.61 Å². The Kier molecular flexibility index (Phi) is 11.2. The van der Waals surface area contributed by atoms with Gasteiger partial charge in [-0.05, 0) is 60.7 Å². The first-order valence-electron chi connectivity index (χ1n) is 21.0. The molecule has 20 nitrogen and oxygen atoms in total. The van der Waals surface area contributed by atoms with Crippen LogP contribution in [0.1, 0.15) is 0 Å². The number of aliphatic carboxylic acids is 2. The number of sulfonamides is 2. The molecule has 1 radical (unpaired) electrons. The number of benzene rings is 6. The molecule has 4 N–H and O–H groups in total. The van der Waals surface area contributed by atoms with Gasteiger partial charge in [0.05, 0.1) is 41.8 Å². The van der Waals surface area contributed by atoms with Gasteiger partial charge in [-0.15, -0.1) is 0 Å². The van der Waals surface area contributed by atoms with E-state index in [1.807, 2.05) is 24.3 Å². The topological polar surface area (TPSA) is 304 Å². The van der Waals surface area contributed by atoms with Crippen molar-refractivity contribution >= 4 is 87.5 Å². The summed E-state index contributed by atoms with van der Waals surface area (Å²) in [6.45, 7) is -2.71. The molecule has 71 heavy (non-hydrogen) atoms. The number of carbonyl (C=O) groups excluding carboxylic acids is 2. The fraction of sp³-hybridized carbons (Fsp3) is 0.0417. The number of nitrogens with zero attached hydrogens (tertiary/aromatic N) is 8. The predicted molar refractivity (Wildman–Crippen MR) is 251 cm³/mol. The molecule has 353 valence electrons. The molecule has 0 atom stereocenters. The number of carboxylic acid groups (broad SMARTS) is 2. The number of aromatic nitrogens is 8. The molecule has 5 heterocycles. The number of phenols is 2. The molecule has 2 aliphatic heterocycles. The summed E-state index contributed by atoms with van der Waals surface area (Å²) in [5.41, 5.74) is 1.80. The Balaban J connectivity index is 0.00000582. The number of hydrogen-bond donors (Lipinski definition) is 4. The van der Waals surface area contributed by atoms with Crippen LogP contribution in [0.4, 0.5) is 11.4 Å². The number of nitrogens with one attached hydrogen (secondary N) is 2. The molecule has 8 bridgehead atoms. The van der Waals surface area contributed by atoms with E-state index in [1.165, 1.54) is 6.07 Å². The van der Waals surface area contributed by atoms with Crippen LogP contribution in [0.3, 0.4) is 0 Å². The summed E-state index contributed by atoms with van der Waals surface area (Å²) < 4.78 is 62.7. The summed E-state index contributed by atoms with van der Waals surface area (Å²) in [6, 6.07) is 32.4. The van der Waals surface area contributed by atoms with E-state index < -0.39 is 60.3 Å². The van der Waals surface area contributed by atoms with Crippen molar-refractivity contribution in [1.82, 2.24) is 39.9 Å². The van der Waals surface area contributed by atoms with Crippen LogP contribution in [-0.2, 0) is 46.4 Å². The van der Waals surface area contributed by atoms with Crippen LogP contribution in [0.15, 0.2) is 143 Å². The zero-order valence-corrected chi connectivity index (χ0v) is 38.7. The molecule has 0 unspecified atom stereocenters. The van der Waals surface area contributed by atoms with Gasteiger partial charge in [0.25, 0.3) is 20.0 Å². The summed E-state index contributed by atoms with van der Waals surface area (Å²) in [4.78, 5) is 58.5. The number of aromatic amines is 2. The largest absolute Gasteiger partial charge is 2.00 e. The molecular weight excluding hydrogens is 1000 g/mol. The number of carbonyl (C=O) groups is 2. The number of fused-ring (bicyclic) bond motifs is 20. The Morgan fingerprint density at radius 3 is 1.25 bits per heavy atom. The third-order valence-electron chi connectivity index (χ3n) is 11.6. The van der Waals surface area contributed by atoms with Gasteiger partial charge in [0, 0.05) is 38.4 Å². The number of rotatable bonds is 10. The quantitative estimate of drug-likeness (QED) is 0.149. The fourth-order valence-corrected chi connectivity index (χ4v) is 12.3. The van der Waals surface area contributed by atoms with Crippen molar-refractivity contribution in [2.75, 3.05) is 21.7 Å². The van der Waals surface area contributed by atoms with E-state index in [1.54, 1.807) is 48.5 Å². The SMILES string of the molecule is O=C([O-])CN(c1ccc(O)cc1)S(=O)(=O)c1ccc2c3nc4nc(nc5[nH]c(nc6nc(nc([nH]3)c2c1S(=O)(=O)N(CC(=O)[O-])c1ccc(O)cc1)-c1ccccc1-6)c1ccccc51)-c1ccccc1-4.[Co+2]. The van der Waals surface area contributed by atoms with Gasteiger partial charge in [-0.1, -0.05) is 72.8 Å². The predicted octanol–water partition coefficient (Wildman–Crippen LogP) is 4.17. The van der Waals surface area contributed by atoms with Gasteiger partial charge in [-0.25, -0.2) is 46.7 Å². The van der Waals surface area contributed by atoms with Crippen molar-refractivity contribution in [2.45, 2.75) is 9.79 Å². The number of carboxylic acids is 2. The molecule has 0 fully saturated rings. The maximum atomic E-state index is 15.7. The van der Waals surface area contributed by atoms with Gasteiger partial charge >= 0.3 is 16.8 Å².